The second-order valence-electron chi connectivity index (χ2n) is 5.74. The molecule has 118 valence electrons. The lowest BCUT2D eigenvalue weighted by Crippen LogP contribution is -2.47. The fourth-order valence-electron chi connectivity index (χ4n) is 3.18. The molecule has 0 saturated carbocycles. The van der Waals surface area contributed by atoms with Crippen molar-refractivity contribution in [2.45, 2.75) is 25.3 Å². The van der Waals surface area contributed by atoms with Gasteiger partial charge in [-0.3, -0.25) is 14.4 Å². The van der Waals surface area contributed by atoms with Crippen LogP contribution in [0, 0.1) is 5.92 Å². The van der Waals surface area contributed by atoms with Gasteiger partial charge < -0.3 is 14.9 Å². The lowest BCUT2D eigenvalue weighted by molar-refractivity contribution is -0.141. The molecule has 6 nitrogen and oxygen atoms in total. The number of hydrogen-bond donors (Lipinski definition) is 1. The summed E-state index contributed by atoms with van der Waals surface area (Å²) in [6.45, 7) is 1.31. The van der Waals surface area contributed by atoms with Crippen LogP contribution in [-0.2, 0) is 9.59 Å². The minimum absolute atomic E-state index is 0.0974. The second kappa shape index (κ2) is 6.08. The van der Waals surface area contributed by atoms with Gasteiger partial charge in [0.05, 0.1) is 10.8 Å². The summed E-state index contributed by atoms with van der Waals surface area (Å²) in [5.74, 6) is -1.54. The number of likely N-dealkylation sites (tertiary alicyclic amines) is 2. The Bertz CT molecular complexity index is 586. The first-order chi connectivity index (χ1) is 10.6. The van der Waals surface area contributed by atoms with Crippen molar-refractivity contribution in [1.29, 1.82) is 0 Å². The maximum Gasteiger partial charge on any atom is 0.308 e. The first-order valence-electron chi connectivity index (χ1n) is 7.44. The van der Waals surface area contributed by atoms with Crippen LogP contribution in [0.4, 0.5) is 0 Å². The van der Waals surface area contributed by atoms with Crippen molar-refractivity contribution in [1.82, 2.24) is 9.80 Å². The first-order valence-corrected chi connectivity index (χ1v) is 8.32. The Labute approximate surface area is 132 Å². The molecule has 1 N–H and O–H groups in total. The zero-order valence-corrected chi connectivity index (χ0v) is 12.9. The molecule has 0 aliphatic carbocycles. The highest BCUT2D eigenvalue weighted by atomic mass is 32.1. The highest BCUT2D eigenvalue weighted by Crippen LogP contribution is 2.26. The van der Waals surface area contributed by atoms with Crippen molar-refractivity contribution in [2.24, 2.45) is 5.92 Å². The molecule has 1 aromatic heterocycles. The fraction of sp³-hybridized carbons (Fsp3) is 0.533. The number of aliphatic carboxylic acids is 1. The Morgan fingerprint density at radius 2 is 2.05 bits per heavy atom. The van der Waals surface area contributed by atoms with Crippen LogP contribution in [0.2, 0.25) is 0 Å². The summed E-state index contributed by atoms with van der Waals surface area (Å²) in [7, 11) is 0. The number of hydrogen-bond acceptors (Lipinski definition) is 4. The number of rotatable bonds is 3. The minimum atomic E-state index is -0.853. The summed E-state index contributed by atoms with van der Waals surface area (Å²) in [5.41, 5.74) is 0. The van der Waals surface area contributed by atoms with Gasteiger partial charge >= 0.3 is 5.97 Å². The van der Waals surface area contributed by atoms with Gasteiger partial charge in [0.25, 0.3) is 5.91 Å². The van der Waals surface area contributed by atoms with Crippen molar-refractivity contribution in [3.05, 3.63) is 22.4 Å². The van der Waals surface area contributed by atoms with Crippen molar-refractivity contribution in [2.75, 3.05) is 19.6 Å². The molecule has 0 spiro atoms. The number of carbonyl (C=O) groups excluding carboxylic acids is 2. The molecule has 7 heteroatoms. The maximum atomic E-state index is 12.6. The third-order valence-corrected chi connectivity index (χ3v) is 5.24. The minimum Gasteiger partial charge on any atom is -0.481 e. The zero-order valence-electron chi connectivity index (χ0n) is 12.1. The molecule has 22 heavy (non-hydrogen) atoms. The molecule has 2 aliphatic heterocycles. The number of thiophene rings is 1. The van der Waals surface area contributed by atoms with Gasteiger partial charge in [0.1, 0.15) is 6.04 Å². The van der Waals surface area contributed by atoms with E-state index in [1.165, 1.54) is 11.3 Å². The summed E-state index contributed by atoms with van der Waals surface area (Å²) < 4.78 is 0. The summed E-state index contributed by atoms with van der Waals surface area (Å²) in [5, 5.41) is 10.9. The van der Waals surface area contributed by atoms with Gasteiger partial charge in [-0.15, -0.1) is 11.3 Å². The predicted octanol–water partition coefficient (Wildman–Crippen LogP) is 1.29. The van der Waals surface area contributed by atoms with Crippen molar-refractivity contribution >= 4 is 29.1 Å². The van der Waals surface area contributed by atoms with Crippen LogP contribution >= 0.6 is 11.3 Å². The average molecular weight is 322 g/mol. The molecule has 0 radical (unpaired) electrons. The third kappa shape index (κ3) is 2.72. The molecule has 3 heterocycles. The fourth-order valence-corrected chi connectivity index (χ4v) is 3.86. The highest BCUT2D eigenvalue weighted by molar-refractivity contribution is 7.12. The third-order valence-electron chi connectivity index (χ3n) is 4.38. The maximum absolute atomic E-state index is 12.6. The molecule has 2 atom stereocenters. The molecule has 2 fully saturated rings. The molecule has 3 rings (SSSR count). The largest absolute Gasteiger partial charge is 0.481 e. The van der Waals surface area contributed by atoms with E-state index < -0.39 is 17.9 Å². The number of carboxylic acids is 1. The molecule has 0 bridgehead atoms. The highest BCUT2D eigenvalue weighted by Gasteiger charge is 2.40. The zero-order chi connectivity index (χ0) is 15.7. The van der Waals surface area contributed by atoms with Crippen molar-refractivity contribution < 1.29 is 19.5 Å². The Kier molecular flexibility index (Phi) is 4.15. The van der Waals surface area contributed by atoms with Crippen LogP contribution in [0.25, 0.3) is 0 Å². The Morgan fingerprint density at radius 1 is 1.23 bits per heavy atom. The summed E-state index contributed by atoms with van der Waals surface area (Å²) in [6, 6.07) is 3.15. The molecular formula is C15H18N2O4S. The molecule has 1 unspecified atom stereocenters. The first kappa shape index (κ1) is 15.0. The molecule has 2 aliphatic rings. The van der Waals surface area contributed by atoms with Gasteiger partial charge in [-0.1, -0.05) is 6.07 Å². The molecule has 2 saturated heterocycles. The predicted molar refractivity (Wildman–Crippen MR) is 80.7 cm³/mol. The summed E-state index contributed by atoms with van der Waals surface area (Å²) >= 11 is 1.37. The molecule has 1 aromatic rings. The SMILES string of the molecule is O=C(O)C1CCN(C(=O)[C@@H]2CCCN2C(=O)c2cccs2)C1. The smallest absolute Gasteiger partial charge is 0.308 e. The standard InChI is InChI=1S/C15H18N2O4S/c18-13(16-7-5-10(9-16)15(20)21)11-3-1-6-17(11)14(19)12-4-2-8-22-12/h2,4,8,10-11H,1,3,5-7,9H2,(H,20,21)/t10?,11-/m0/s1. The lowest BCUT2D eigenvalue weighted by Gasteiger charge is -2.27. The second-order valence-corrected chi connectivity index (χ2v) is 6.69. The van der Waals surface area contributed by atoms with E-state index in [4.69, 9.17) is 5.11 Å². The van der Waals surface area contributed by atoms with Crippen LogP contribution in [0.3, 0.4) is 0 Å². The van der Waals surface area contributed by atoms with E-state index in [1.54, 1.807) is 15.9 Å². The summed E-state index contributed by atoms with van der Waals surface area (Å²) in [4.78, 5) is 40.0. The van der Waals surface area contributed by atoms with Gasteiger partial charge in [0.2, 0.25) is 5.91 Å². The number of carbonyl (C=O) groups is 3. The van der Waals surface area contributed by atoms with E-state index in [1.807, 2.05) is 11.4 Å². The van der Waals surface area contributed by atoms with E-state index in [0.29, 0.717) is 30.8 Å². The van der Waals surface area contributed by atoms with E-state index in [-0.39, 0.29) is 18.4 Å². The normalized spacial score (nSPS) is 24.7. The average Bonchev–Trinajstić information content (AvgIpc) is 3.25. The Morgan fingerprint density at radius 3 is 2.68 bits per heavy atom. The lowest BCUT2D eigenvalue weighted by atomic mass is 10.1. The molecular weight excluding hydrogens is 304 g/mol. The van der Waals surface area contributed by atoms with Crippen LogP contribution in [0.1, 0.15) is 28.9 Å². The van der Waals surface area contributed by atoms with Crippen LogP contribution < -0.4 is 0 Å². The molecule has 2 amide bonds. The quantitative estimate of drug-likeness (QED) is 0.909. The van der Waals surface area contributed by atoms with E-state index in [2.05, 4.69) is 0 Å². The van der Waals surface area contributed by atoms with Crippen molar-refractivity contribution in [3.63, 3.8) is 0 Å². The van der Waals surface area contributed by atoms with E-state index in [9.17, 15) is 14.4 Å². The van der Waals surface area contributed by atoms with E-state index >= 15 is 0 Å². The van der Waals surface area contributed by atoms with Crippen LogP contribution in [0.5, 0.6) is 0 Å². The van der Waals surface area contributed by atoms with Gasteiger partial charge in [0.15, 0.2) is 0 Å². The Balaban J connectivity index is 1.69. The number of nitrogens with zero attached hydrogens (tertiary/aromatic N) is 2. The van der Waals surface area contributed by atoms with Gasteiger partial charge in [0, 0.05) is 19.6 Å². The summed E-state index contributed by atoms with van der Waals surface area (Å²) in [6.07, 6.45) is 1.96. The van der Waals surface area contributed by atoms with Crippen molar-refractivity contribution in [3.8, 4) is 0 Å². The van der Waals surface area contributed by atoms with Gasteiger partial charge in [-0.05, 0) is 30.7 Å². The monoisotopic (exact) mass is 322 g/mol. The van der Waals surface area contributed by atoms with Crippen LogP contribution in [0.15, 0.2) is 17.5 Å². The Hall–Kier alpha value is -1.89. The topological polar surface area (TPSA) is 77.9 Å². The number of carboxylic acid groups (broad SMARTS) is 1. The van der Waals surface area contributed by atoms with Gasteiger partial charge in [-0.2, -0.15) is 0 Å². The van der Waals surface area contributed by atoms with Crippen LogP contribution in [-0.4, -0.2) is 58.4 Å². The molecule has 0 aromatic carbocycles. The van der Waals surface area contributed by atoms with E-state index in [0.717, 1.165) is 6.42 Å². The van der Waals surface area contributed by atoms with Gasteiger partial charge in [-0.25, -0.2) is 0 Å². The number of amides is 2.